The molecule has 2 aromatic carbocycles. The lowest BCUT2D eigenvalue weighted by Gasteiger charge is -2.51. The summed E-state index contributed by atoms with van der Waals surface area (Å²) >= 11 is 1.02. The zero-order chi connectivity index (χ0) is 30.3. The third kappa shape index (κ3) is 6.70. The molecule has 0 unspecified atom stereocenters. The fraction of sp³-hybridized carbons (Fsp3) is 0.423. The van der Waals surface area contributed by atoms with E-state index in [1.54, 1.807) is 6.07 Å². The molecule has 220 valence electrons. The van der Waals surface area contributed by atoms with Crippen LogP contribution < -0.4 is 15.4 Å². The number of hydrogen-bond donors (Lipinski definition) is 5. The van der Waals surface area contributed by atoms with Crippen LogP contribution in [-0.4, -0.2) is 57.1 Å². The van der Waals surface area contributed by atoms with Crippen molar-refractivity contribution in [3.8, 4) is 5.75 Å². The summed E-state index contributed by atoms with van der Waals surface area (Å²) in [5, 5.41) is 36.5. The molecule has 41 heavy (non-hydrogen) atoms. The number of aromatic nitrogens is 1. The van der Waals surface area contributed by atoms with Gasteiger partial charge in [-0.3, -0.25) is 9.59 Å². The van der Waals surface area contributed by atoms with Crippen molar-refractivity contribution in [2.45, 2.75) is 76.4 Å². The summed E-state index contributed by atoms with van der Waals surface area (Å²) in [5.41, 5.74) is -0.450. The molecular weight excluding hydrogens is 570 g/mol. The summed E-state index contributed by atoms with van der Waals surface area (Å²) in [6.07, 6.45) is 0.836. The molecule has 1 saturated heterocycles. The maximum Gasteiger partial charge on any atom is 0.240 e. The highest BCUT2D eigenvalue weighted by Crippen LogP contribution is 2.40. The highest BCUT2D eigenvalue weighted by atomic mass is 32.2. The van der Waals surface area contributed by atoms with Crippen LogP contribution in [0.4, 0.5) is 22.1 Å². The van der Waals surface area contributed by atoms with E-state index < -0.39 is 39.0 Å². The minimum Gasteiger partial charge on any atom is -0.504 e. The second-order valence-electron chi connectivity index (χ2n) is 11.3. The molecule has 1 fully saturated rings. The number of nitrogens with one attached hydrogen (secondary N) is 3. The number of aromatic hydroxyl groups is 1. The van der Waals surface area contributed by atoms with Crippen molar-refractivity contribution in [3.63, 3.8) is 0 Å². The maximum absolute atomic E-state index is 13.4. The first-order valence-corrected chi connectivity index (χ1v) is 15.0. The summed E-state index contributed by atoms with van der Waals surface area (Å²) in [4.78, 5) is 23.2. The Morgan fingerprint density at radius 2 is 1.56 bits per heavy atom. The van der Waals surface area contributed by atoms with Crippen molar-refractivity contribution in [2.24, 2.45) is 10.2 Å². The number of hydrogen-bond acceptors (Lipinski definition) is 11. The number of amides is 2. The lowest BCUT2D eigenvalue weighted by Crippen LogP contribution is -2.62. The van der Waals surface area contributed by atoms with Crippen LogP contribution in [-0.2, 0) is 19.6 Å². The molecule has 3 aromatic rings. The van der Waals surface area contributed by atoms with Crippen molar-refractivity contribution in [1.82, 2.24) is 14.2 Å². The molecule has 0 atom stereocenters. The van der Waals surface area contributed by atoms with Crippen LogP contribution in [0, 0.1) is 0 Å². The molecule has 1 aliphatic heterocycles. The Kier molecular flexibility index (Phi) is 8.21. The van der Waals surface area contributed by atoms with E-state index in [1.165, 1.54) is 43.2 Å². The minimum absolute atomic E-state index is 0.0321. The lowest BCUT2D eigenvalue weighted by molar-refractivity contribution is -0.245. The van der Waals surface area contributed by atoms with E-state index >= 15 is 0 Å². The van der Waals surface area contributed by atoms with Gasteiger partial charge in [0.05, 0.1) is 27.5 Å². The first-order valence-electron chi connectivity index (χ1n) is 12.7. The molecule has 0 bridgehead atoms. The second kappa shape index (κ2) is 11.1. The zero-order valence-electron chi connectivity index (χ0n) is 23.5. The number of azo groups is 1. The van der Waals surface area contributed by atoms with Gasteiger partial charge in [-0.25, -0.2) is 13.1 Å². The zero-order valence-corrected chi connectivity index (χ0v) is 25.1. The smallest absolute Gasteiger partial charge is 0.240 e. The van der Waals surface area contributed by atoms with E-state index in [0.717, 1.165) is 11.5 Å². The average Bonchev–Trinajstić information content (AvgIpc) is 3.25. The predicted octanol–water partition coefficient (Wildman–Crippen LogP) is 5.02. The number of benzene rings is 2. The third-order valence-electron chi connectivity index (χ3n) is 6.67. The van der Waals surface area contributed by atoms with E-state index in [-0.39, 0.29) is 27.7 Å². The van der Waals surface area contributed by atoms with Gasteiger partial charge < -0.3 is 20.9 Å². The van der Waals surface area contributed by atoms with Gasteiger partial charge in [-0.15, -0.1) is 10.2 Å². The van der Waals surface area contributed by atoms with Crippen molar-refractivity contribution in [2.75, 3.05) is 10.6 Å². The third-order valence-corrected chi connectivity index (χ3v) is 8.95. The first kappa shape index (κ1) is 30.5. The number of rotatable bonds is 7. The molecule has 5 N–H and O–H groups in total. The summed E-state index contributed by atoms with van der Waals surface area (Å²) in [6, 6.07) is 6.92. The van der Waals surface area contributed by atoms with Crippen LogP contribution in [0.1, 0.15) is 54.4 Å². The first-order chi connectivity index (χ1) is 19.0. The van der Waals surface area contributed by atoms with E-state index in [9.17, 15) is 28.3 Å². The minimum atomic E-state index is -3.92. The van der Waals surface area contributed by atoms with E-state index in [0.29, 0.717) is 28.7 Å². The van der Waals surface area contributed by atoms with Gasteiger partial charge in [-0.05, 0) is 82.4 Å². The number of carbonyl (C=O) groups is 2. The number of phenolic OH excluding ortho intramolecular Hbond substituents is 1. The van der Waals surface area contributed by atoms with E-state index in [1.807, 2.05) is 27.7 Å². The standard InChI is InChI=1S/C26H33N7O6S2/c1-14(34)27-21-9-16(10-22(23(21)36)28-15(2)35)29-30-24-19-11-18(7-8-20(19)31-40-24)41(38,39)32-17-12-25(3,4)33(37)26(5,6)13-17/h7-11,17,32,36-37H,12-13H2,1-6H3,(H,27,34)(H,28,35). The van der Waals surface area contributed by atoms with Gasteiger partial charge in [-0.2, -0.15) is 9.44 Å². The molecule has 2 heterocycles. The Morgan fingerprint density at radius 1 is 1.00 bits per heavy atom. The Bertz CT molecular complexity index is 1590. The number of fused-ring (bicyclic) bond motifs is 1. The number of piperidine rings is 1. The van der Waals surface area contributed by atoms with Gasteiger partial charge in [0.25, 0.3) is 0 Å². The second-order valence-corrected chi connectivity index (χ2v) is 13.7. The molecule has 2 amide bonds. The van der Waals surface area contributed by atoms with Gasteiger partial charge in [-0.1, -0.05) is 0 Å². The quantitative estimate of drug-likeness (QED) is 0.184. The summed E-state index contributed by atoms with van der Waals surface area (Å²) in [5.74, 6) is -1.21. The van der Waals surface area contributed by atoms with Crippen LogP contribution in [0.3, 0.4) is 0 Å². The van der Waals surface area contributed by atoms with Crippen molar-refractivity contribution < 1.29 is 28.3 Å². The van der Waals surface area contributed by atoms with Crippen molar-refractivity contribution >= 4 is 66.3 Å². The van der Waals surface area contributed by atoms with Gasteiger partial charge >= 0.3 is 0 Å². The number of phenols is 1. The van der Waals surface area contributed by atoms with Gasteiger partial charge in [0.2, 0.25) is 21.8 Å². The summed E-state index contributed by atoms with van der Waals surface area (Å²) < 4.78 is 33.9. The Morgan fingerprint density at radius 3 is 2.10 bits per heavy atom. The normalized spacial score (nSPS) is 17.6. The summed E-state index contributed by atoms with van der Waals surface area (Å²) in [7, 11) is -3.92. The molecule has 13 nitrogen and oxygen atoms in total. The van der Waals surface area contributed by atoms with Gasteiger partial charge in [0, 0.05) is 36.4 Å². The number of nitrogens with zero attached hydrogens (tertiary/aromatic N) is 4. The van der Waals surface area contributed by atoms with E-state index in [4.69, 9.17) is 0 Å². The van der Waals surface area contributed by atoms with Crippen LogP contribution in [0.2, 0.25) is 0 Å². The number of sulfonamides is 1. The molecule has 0 aliphatic carbocycles. The lowest BCUT2D eigenvalue weighted by atomic mass is 9.79. The summed E-state index contributed by atoms with van der Waals surface area (Å²) in [6.45, 7) is 9.99. The number of anilines is 2. The monoisotopic (exact) mass is 603 g/mol. The fourth-order valence-corrected chi connectivity index (χ4v) is 7.08. The highest BCUT2D eigenvalue weighted by molar-refractivity contribution is 7.89. The molecule has 1 aromatic heterocycles. The number of hydroxylamine groups is 2. The van der Waals surface area contributed by atoms with Gasteiger partial charge in [0.15, 0.2) is 10.8 Å². The van der Waals surface area contributed by atoms with Crippen molar-refractivity contribution in [3.05, 3.63) is 30.3 Å². The molecule has 0 spiro atoms. The maximum atomic E-state index is 13.4. The SMILES string of the molecule is CC(=O)Nc1cc(N=Nc2snc3ccc(S(=O)(=O)NC4CC(C)(C)N(O)C(C)(C)C4)cc23)cc(NC(C)=O)c1O. The highest BCUT2D eigenvalue weighted by Gasteiger charge is 2.46. The average molecular weight is 604 g/mol. The molecule has 1 aliphatic rings. The molecule has 4 rings (SSSR count). The Balaban J connectivity index is 1.64. The predicted molar refractivity (Wildman–Crippen MR) is 156 cm³/mol. The van der Waals surface area contributed by atoms with Crippen LogP contribution in [0.15, 0.2) is 45.5 Å². The fourth-order valence-electron chi connectivity index (χ4n) is 5.14. The molecule has 0 radical (unpaired) electrons. The van der Waals surface area contributed by atoms with E-state index in [2.05, 4.69) is 30.0 Å². The van der Waals surface area contributed by atoms with Crippen LogP contribution >= 0.6 is 11.5 Å². The Labute approximate surface area is 241 Å². The largest absolute Gasteiger partial charge is 0.504 e. The molecular formula is C26H33N7O6S2. The van der Waals surface area contributed by atoms with Gasteiger partial charge in [0.1, 0.15) is 0 Å². The number of carbonyl (C=O) groups excluding carboxylic acids is 2. The van der Waals surface area contributed by atoms with Crippen molar-refractivity contribution in [1.29, 1.82) is 0 Å². The topological polar surface area (TPSA) is 186 Å². The van der Waals surface area contributed by atoms with Crippen LogP contribution in [0.25, 0.3) is 10.9 Å². The van der Waals surface area contributed by atoms with Crippen LogP contribution in [0.5, 0.6) is 5.75 Å². The Hall–Kier alpha value is -3.50. The molecule has 0 saturated carbocycles. The molecule has 15 heteroatoms.